The molecular weight excluding hydrogens is 406 g/mol. The smallest absolute Gasteiger partial charge is 0.322 e. The summed E-state index contributed by atoms with van der Waals surface area (Å²) in [4.78, 5) is 21.9. The molecule has 0 aliphatic heterocycles. The zero-order valence-corrected chi connectivity index (χ0v) is 17.6. The number of imidazole rings is 2. The van der Waals surface area contributed by atoms with Gasteiger partial charge in [-0.25, -0.2) is 9.97 Å². The average Bonchev–Trinajstić information content (AvgIpc) is 3.43. The predicted molar refractivity (Wildman–Crippen MR) is 123 cm³/mol. The molecule has 10 heteroatoms. The highest BCUT2D eigenvalue weighted by Crippen LogP contribution is 2.14. The van der Waals surface area contributed by atoms with Gasteiger partial charge in [0, 0.05) is 26.2 Å². The predicted octanol–water partition coefficient (Wildman–Crippen LogP) is 2.80. The lowest BCUT2D eigenvalue weighted by Crippen LogP contribution is -2.16. The van der Waals surface area contributed by atoms with Crippen molar-refractivity contribution in [3.8, 4) is 6.01 Å². The molecule has 0 saturated heterocycles. The fourth-order valence-corrected chi connectivity index (χ4v) is 3.56. The summed E-state index contributed by atoms with van der Waals surface area (Å²) in [6.07, 6.45) is 3.68. The van der Waals surface area contributed by atoms with Gasteiger partial charge < -0.3 is 24.5 Å². The Labute approximate surface area is 184 Å². The van der Waals surface area contributed by atoms with Crippen LogP contribution in [-0.2, 0) is 13.1 Å². The summed E-state index contributed by atoms with van der Waals surface area (Å²) >= 11 is 0. The van der Waals surface area contributed by atoms with E-state index in [1.807, 2.05) is 49.1 Å². The molecule has 2 N–H and O–H groups in total. The SMILES string of the molecule is COc1nc(NCCn2cnc3ccccc32)nc(NCCn2cnc3ccccc32)n1. The molecule has 162 valence electrons. The van der Waals surface area contributed by atoms with Gasteiger partial charge in [0.1, 0.15) is 0 Å². The molecule has 0 saturated carbocycles. The van der Waals surface area contributed by atoms with E-state index in [0.717, 1.165) is 35.2 Å². The third-order valence-electron chi connectivity index (χ3n) is 5.12. The Morgan fingerprint density at radius 2 is 1.22 bits per heavy atom. The Morgan fingerprint density at radius 3 is 1.72 bits per heavy atom. The number of benzene rings is 2. The van der Waals surface area contributed by atoms with Crippen molar-refractivity contribution >= 4 is 34.0 Å². The van der Waals surface area contributed by atoms with Gasteiger partial charge in [-0.3, -0.25) is 0 Å². The van der Waals surface area contributed by atoms with Gasteiger partial charge in [0.15, 0.2) is 0 Å². The van der Waals surface area contributed by atoms with E-state index in [0.29, 0.717) is 25.0 Å². The highest BCUT2D eigenvalue weighted by atomic mass is 16.5. The zero-order valence-electron chi connectivity index (χ0n) is 17.6. The van der Waals surface area contributed by atoms with Crippen LogP contribution in [0.3, 0.4) is 0 Å². The number of fused-ring (bicyclic) bond motifs is 2. The van der Waals surface area contributed by atoms with E-state index in [-0.39, 0.29) is 6.01 Å². The largest absolute Gasteiger partial charge is 0.467 e. The summed E-state index contributed by atoms with van der Waals surface area (Å²) < 4.78 is 9.43. The van der Waals surface area contributed by atoms with Crippen molar-refractivity contribution in [2.75, 3.05) is 30.8 Å². The second-order valence-electron chi connectivity index (χ2n) is 7.18. The molecule has 0 radical (unpaired) electrons. The molecule has 5 rings (SSSR count). The van der Waals surface area contributed by atoms with Crippen molar-refractivity contribution in [1.29, 1.82) is 0 Å². The average molecular weight is 429 g/mol. The van der Waals surface area contributed by atoms with E-state index in [9.17, 15) is 0 Å². The van der Waals surface area contributed by atoms with Crippen LogP contribution in [0.15, 0.2) is 61.2 Å². The number of rotatable bonds is 9. The van der Waals surface area contributed by atoms with Gasteiger partial charge in [0.25, 0.3) is 0 Å². The maximum atomic E-state index is 5.24. The minimum Gasteiger partial charge on any atom is -0.467 e. The summed E-state index contributed by atoms with van der Waals surface area (Å²) in [5.41, 5.74) is 4.15. The van der Waals surface area contributed by atoms with E-state index >= 15 is 0 Å². The fourth-order valence-electron chi connectivity index (χ4n) is 3.56. The monoisotopic (exact) mass is 429 g/mol. The number of methoxy groups -OCH3 is 1. The fraction of sp³-hybridized carbons (Fsp3) is 0.227. The molecule has 3 heterocycles. The number of nitrogens with one attached hydrogen (secondary N) is 2. The maximum absolute atomic E-state index is 5.24. The molecular formula is C22H23N9O. The second kappa shape index (κ2) is 8.88. The summed E-state index contributed by atoms with van der Waals surface area (Å²) in [6.45, 7) is 2.72. The van der Waals surface area contributed by atoms with Crippen LogP contribution in [0.5, 0.6) is 6.01 Å². The Hall–Kier alpha value is -4.21. The first-order valence-corrected chi connectivity index (χ1v) is 10.4. The number of hydrogen-bond acceptors (Lipinski definition) is 8. The normalized spacial score (nSPS) is 11.2. The van der Waals surface area contributed by atoms with Crippen LogP contribution in [0.1, 0.15) is 0 Å². The number of aromatic nitrogens is 7. The zero-order chi connectivity index (χ0) is 21.8. The van der Waals surface area contributed by atoms with Gasteiger partial charge >= 0.3 is 6.01 Å². The van der Waals surface area contributed by atoms with Crippen molar-refractivity contribution < 1.29 is 4.74 Å². The summed E-state index contributed by atoms with van der Waals surface area (Å²) in [6, 6.07) is 16.4. The molecule has 0 fully saturated rings. The van der Waals surface area contributed by atoms with Crippen LogP contribution >= 0.6 is 0 Å². The van der Waals surface area contributed by atoms with Gasteiger partial charge in [0.2, 0.25) is 11.9 Å². The third kappa shape index (κ3) is 4.15. The van der Waals surface area contributed by atoms with E-state index in [4.69, 9.17) is 4.74 Å². The quantitative estimate of drug-likeness (QED) is 0.368. The van der Waals surface area contributed by atoms with Crippen LogP contribution in [0.2, 0.25) is 0 Å². The summed E-state index contributed by atoms with van der Waals surface area (Å²) in [7, 11) is 1.54. The topological polar surface area (TPSA) is 108 Å². The van der Waals surface area contributed by atoms with Gasteiger partial charge in [-0.05, 0) is 24.3 Å². The summed E-state index contributed by atoms with van der Waals surface area (Å²) in [5, 5.41) is 6.49. The van der Waals surface area contributed by atoms with Crippen molar-refractivity contribution in [1.82, 2.24) is 34.1 Å². The number of anilines is 2. The molecule has 0 atom stereocenters. The molecule has 0 amide bonds. The highest BCUT2D eigenvalue weighted by molar-refractivity contribution is 5.75. The lowest BCUT2D eigenvalue weighted by Gasteiger charge is -2.11. The standard InChI is InChI=1S/C22H23N9O/c1-32-22-28-20(23-10-12-30-14-25-16-6-2-4-8-18(16)30)27-21(29-22)24-11-13-31-15-26-17-7-3-5-9-19(17)31/h2-9,14-15H,10-13H2,1H3,(H2,23,24,27,28,29). The van der Waals surface area contributed by atoms with E-state index in [1.165, 1.54) is 7.11 Å². The van der Waals surface area contributed by atoms with Crippen LogP contribution in [0.25, 0.3) is 22.1 Å². The number of ether oxygens (including phenoxy) is 1. The molecule has 32 heavy (non-hydrogen) atoms. The molecule has 0 aliphatic rings. The summed E-state index contributed by atoms with van der Waals surface area (Å²) in [5.74, 6) is 0.911. The minimum absolute atomic E-state index is 0.256. The molecule has 10 nitrogen and oxygen atoms in total. The highest BCUT2D eigenvalue weighted by Gasteiger charge is 2.08. The number of para-hydroxylation sites is 4. The Bertz CT molecular complexity index is 1250. The maximum Gasteiger partial charge on any atom is 0.322 e. The van der Waals surface area contributed by atoms with Crippen molar-refractivity contribution in [3.05, 3.63) is 61.2 Å². The molecule has 0 bridgehead atoms. The molecule has 2 aromatic carbocycles. The first-order valence-electron chi connectivity index (χ1n) is 10.4. The number of nitrogens with zero attached hydrogens (tertiary/aromatic N) is 7. The third-order valence-corrected chi connectivity index (χ3v) is 5.12. The van der Waals surface area contributed by atoms with Gasteiger partial charge in [-0.15, -0.1) is 0 Å². The minimum atomic E-state index is 0.256. The van der Waals surface area contributed by atoms with Crippen LogP contribution < -0.4 is 15.4 Å². The molecule has 3 aromatic heterocycles. The van der Waals surface area contributed by atoms with E-state index in [2.05, 4.69) is 56.8 Å². The van der Waals surface area contributed by atoms with Crippen molar-refractivity contribution in [2.24, 2.45) is 0 Å². The Morgan fingerprint density at radius 1 is 0.719 bits per heavy atom. The first-order chi connectivity index (χ1) is 15.8. The van der Waals surface area contributed by atoms with Gasteiger partial charge in [0.05, 0.1) is 41.8 Å². The van der Waals surface area contributed by atoms with Crippen LogP contribution in [0.4, 0.5) is 11.9 Å². The van der Waals surface area contributed by atoms with Gasteiger partial charge in [-0.1, -0.05) is 24.3 Å². The Kier molecular flexibility index (Phi) is 5.48. The molecule has 0 spiro atoms. The van der Waals surface area contributed by atoms with Crippen molar-refractivity contribution in [2.45, 2.75) is 13.1 Å². The first kappa shape index (κ1) is 19.7. The molecule has 5 aromatic rings. The van der Waals surface area contributed by atoms with Gasteiger partial charge in [-0.2, -0.15) is 15.0 Å². The lowest BCUT2D eigenvalue weighted by molar-refractivity contribution is 0.379. The van der Waals surface area contributed by atoms with Crippen molar-refractivity contribution in [3.63, 3.8) is 0 Å². The molecule has 0 aliphatic carbocycles. The lowest BCUT2D eigenvalue weighted by atomic mass is 10.3. The Balaban J connectivity index is 1.21. The molecule has 0 unspecified atom stereocenters. The van der Waals surface area contributed by atoms with Crippen LogP contribution in [-0.4, -0.2) is 54.3 Å². The van der Waals surface area contributed by atoms with E-state index in [1.54, 1.807) is 0 Å². The second-order valence-corrected chi connectivity index (χ2v) is 7.18. The van der Waals surface area contributed by atoms with E-state index < -0.39 is 0 Å². The van der Waals surface area contributed by atoms with Crippen LogP contribution in [0, 0.1) is 0 Å². The number of hydrogen-bond donors (Lipinski definition) is 2.